The Bertz CT molecular complexity index is 432. The molecule has 0 bridgehead atoms. The van der Waals surface area contributed by atoms with Crippen molar-refractivity contribution in [3.05, 3.63) is 34.4 Å². The number of halogens is 1. The summed E-state index contributed by atoms with van der Waals surface area (Å²) in [5, 5.41) is 9.15. The van der Waals surface area contributed by atoms with Crippen LogP contribution in [-0.2, 0) is 6.42 Å². The molecule has 2 rings (SSSR count). The average molecular weight is 206 g/mol. The predicted molar refractivity (Wildman–Crippen MR) is 55.3 cm³/mol. The lowest BCUT2D eigenvalue weighted by Crippen LogP contribution is -2.01. The maximum absolute atomic E-state index is 8.57. The van der Waals surface area contributed by atoms with Crippen LogP contribution < -0.4 is 4.74 Å². The van der Waals surface area contributed by atoms with E-state index in [0.717, 1.165) is 16.9 Å². The van der Waals surface area contributed by atoms with E-state index < -0.39 is 0 Å². The Morgan fingerprint density at radius 3 is 3.14 bits per heavy atom. The molecule has 1 aromatic carbocycles. The van der Waals surface area contributed by atoms with Gasteiger partial charge in [0.1, 0.15) is 12.4 Å². The van der Waals surface area contributed by atoms with Gasteiger partial charge in [0.25, 0.3) is 0 Å². The maximum Gasteiger partial charge on any atom is 0.145 e. The molecule has 3 heteroatoms. The topological polar surface area (TPSA) is 33.0 Å². The molecule has 0 spiro atoms. The highest BCUT2D eigenvalue weighted by molar-refractivity contribution is 6.32. The summed E-state index contributed by atoms with van der Waals surface area (Å²) in [5.41, 5.74) is 1.88. The molecule has 0 saturated heterocycles. The van der Waals surface area contributed by atoms with E-state index in [1.165, 1.54) is 0 Å². The summed E-state index contributed by atoms with van der Waals surface area (Å²) < 4.78 is 5.39. The second kappa shape index (κ2) is 3.73. The van der Waals surface area contributed by atoms with E-state index in [0.29, 0.717) is 18.1 Å². The molecule has 0 fully saturated rings. The molecule has 0 unspecified atom stereocenters. The summed E-state index contributed by atoms with van der Waals surface area (Å²) in [6.45, 7) is 0.560. The van der Waals surface area contributed by atoms with Gasteiger partial charge in [-0.3, -0.25) is 0 Å². The highest BCUT2D eigenvalue weighted by Crippen LogP contribution is 2.33. The maximum atomic E-state index is 8.57. The van der Waals surface area contributed by atoms with Gasteiger partial charge in [-0.15, -0.1) is 0 Å². The van der Waals surface area contributed by atoms with E-state index in [1.807, 2.05) is 18.2 Å². The second-order valence-corrected chi connectivity index (χ2v) is 3.45. The van der Waals surface area contributed by atoms with Crippen LogP contribution in [0.5, 0.6) is 5.75 Å². The Kier molecular flexibility index (Phi) is 2.43. The van der Waals surface area contributed by atoms with Crippen LogP contribution in [0.15, 0.2) is 18.2 Å². The Hall–Kier alpha value is -1.46. The zero-order chi connectivity index (χ0) is 9.97. The lowest BCUT2D eigenvalue weighted by molar-refractivity contribution is 0.358. The van der Waals surface area contributed by atoms with Crippen LogP contribution in [0, 0.1) is 11.3 Å². The first-order valence-corrected chi connectivity index (χ1v) is 4.68. The van der Waals surface area contributed by atoms with Crippen LogP contribution in [0.2, 0.25) is 5.02 Å². The number of benzene rings is 1. The third-order valence-electron chi connectivity index (χ3n) is 2.04. The molecule has 14 heavy (non-hydrogen) atoms. The summed E-state index contributed by atoms with van der Waals surface area (Å²) in [4.78, 5) is 0. The fourth-order valence-electron chi connectivity index (χ4n) is 1.45. The van der Waals surface area contributed by atoms with Crippen molar-refractivity contribution in [2.75, 3.05) is 6.61 Å². The van der Waals surface area contributed by atoms with Crippen LogP contribution in [0.3, 0.4) is 0 Å². The van der Waals surface area contributed by atoms with Crippen molar-refractivity contribution in [1.29, 1.82) is 5.26 Å². The zero-order valence-electron chi connectivity index (χ0n) is 7.46. The highest BCUT2D eigenvalue weighted by atomic mass is 35.5. The van der Waals surface area contributed by atoms with Gasteiger partial charge in [0.15, 0.2) is 0 Å². The molecule has 1 heterocycles. The number of nitriles is 1. The Morgan fingerprint density at radius 2 is 2.36 bits per heavy atom. The quantitative estimate of drug-likeness (QED) is 0.706. The Labute approximate surface area is 87.4 Å². The molecule has 0 aliphatic carbocycles. The SMILES string of the molecule is N#CCc1cc(Cl)c2c(c1)C=CCO2. The molecular formula is C11H8ClNO. The fourth-order valence-corrected chi connectivity index (χ4v) is 1.75. The van der Waals surface area contributed by atoms with Crippen molar-refractivity contribution >= 4 is 17.7 Å². The average Bonchev–Trinajstić information content (AvgIpc) is 2.18. The molecule has 1 aliphatic heterocycles. The van der Waals surface area contributed by atoms with Crippen molar-refractivity contribution in [2.24, 2.45) is 0 Å². The van der Waals surface area contributed by atoms with Crippen LogP contribution in [0.25, 0.3) is 6.08 Å². The van der Waals surface area contributed by atoms with Gasteiger partial charge >= 0.3 is 0 Å². The standard InChI is InChI=1S/C11H8ClNO/c12-10-7-8(3-4-13)6-9-2-1-5-14-11(9)10/h1-2,6-7H,3,5H2. The van der Waals surface area contributed by atoms with Crippen LogP contribution >= 0.6 is 11.6 Å². The van der Waals surface area contributed by atoms with E-state index >= 15 is 0 Å². The molecule has 70 valence electrons. The molecule has 1 aromatic rings. The molecule has 0 amide bonds. The molecule has 0 radical (unpaired) electrons. The van der Waals surface area contributed by atoms with Gasteiger partial charge in [-0.05, 0) is 23.8 Å². The molecule has 0 atom stereocenters. The van der Waals surface area contributed by atoms with Gasteiger partial charge in [-0.25, -0.2) is 0 Å². The number of nitrogens with zero attached hydrogens (tertiary/aromatic N) is 1. The van der Waals surface area contributed by atoms with Crippen molar-refractivity contribution in [3.63, 3.8) is 0 Å². The molecule has 0 N–H and O–H groups in total. The molecule has 1 aliphatic rings. The van der Waals surface area contributed by atoms with E-state index in [2.05, 4.69) is 6.07 Å². The minimum Gasteiger partial charge on any atom is -0.487 e. The number of fused-ring (bicyclic) bond motifs is 1. The molecule has 2 nitrogen and oxygen atoms in total. The first-order valence-electron chi connectivity index (χ1n) is 4.30. The second-order valence-electron chi connectivity index (χ2n) is 3.04. The van der Waals surface area contributed by atoms with E-state index in [4.69, 9.17) is 21.6 Å². The van der Waals surface area contributed by atoms with Gasteiger partial charge in [-0.1, -0.05) is 17.7 Å². The molecule has 0 saturated carbocycles. The van der Waals surface area contributed by atoms with Gasteiger partial charge in [0, 0.05) is 5.56 Å². The Balaban J connectivity index is 2.49. The summed E-state index contributed by atoms with van der Waals surface area (Å²) in [6.07, 6.45) is 4.27. The molecular weight excluding hydrogens is 198 g/mol. The number of hydrogen-bond donors (Lipinski definition) is 0. The van der Waals surface area contributed by atoms with Crippen molar-refractivity contribution in [1.82, 2.24) is 0 Å². The van der Waals surface area contributed by atoms with Gasteiger partial charge in [0.2, 0.25) is 0 Å². The monoisotopic (exact) mass is 205 g/mol. The number of hydrogen-bond acceptors (Lipinski definition) is 2. The lowest BCUT2D eigenvalue weighted by atomic mass is 10.1. The zero-order valence-corrected chi connectivity index (χ0v) is 8.21. The minimum atomic E-state index is 0.376. The summed E-state index contributed by atoms with van der Waals surface area (Å²) in [5.74, 6) is 0.718. The highest BCUT2D eigenvalue weighted by Gasteiger charge is 2.11. The first-order chi connectivity index (χ1) is 6.81. The smallest absolute Gasteiger partial charge is 0.145 e. The summed E-state index contributed by atoms with van der Waals surface area (Å²) in [7, 11) is 0. The number of ether oxygens (including phenoxy) is 1. The first kappa shape index (κ1) is 9.11. The minimum absolute atomic E-state index is 0.376. The lowest BCUT2D eigenvalue weighted by Gasteiger charge is -2.14. The largest absolute Gasteiger partial charge is 0.487 e. The molecule has 0 aromatic heterocycles. The normalized spacial score (nSPS) is 12.9. The Morgan fingerprint density at radius 1 is 1.50 bits per heavy atom. The van der Waals surface area contributed by atoms with E-state index in [-0.39, 0.29) is 0 Å². The fraction of sp³-hybridized carbons (Fsp3) is 0.182. The predicted octanol–water partition coefficient (Wildman–Crippen LogP) is 2.81. The van der Waals surface area contributed by atoms with Crippen LogP contribution in [0.4, 0.5) is 0 Å². The van der Waals surface area contributed by atoms with Crippen molar-refractivity contribution in [3.8, 4) is 11.8 Å². The van der Waals surface area contributed by atoms with Gasteiger partial charge in [-0.2, -0.15) is 5.26 Å². The third kappa shape index (κ3) is 1.59. The van der Waals surface area contributed by atoms with Crippen molar-refractivity contribution < 1.29 is 4.74 Å². The van der Waals surface area contributed by atoms with Gasteiger partial charge < -0.3 is 4.74 Å². The summed E-state index contributed by atoms with van der Waals surface area (Å²) >= 11 is 6.01. The van der Waals surface area contributed by atoms with E-state index in [1.54, 1.807) is 6.07 Å². The summed E-state index contributed by atoms with van der Waals surface area (Å²) in [6, 6.07) is 5.81. The number of rotatable bonds is 1. The van der Waals surface area contributed by atoms with E-state index in [9.17, 15) is 0 Å². The van der Waals surface area contributed by atoms with Crippen molar-refractivity contribution in [2.45, 2.75) is 6.42 Å². The van der Waals surface area contributed by atoms with Crippen LogP contribution in [0.1, 0.15) is 11.1 Å². The van der Waals surface area contributed by atoms with Gasteiger partial charge in [0.05, 0.1) is 17.5 Å². The third-order valence-corrected chi connectivity index (χ3v) is 2.32. The van der Waals surface area contributed by atoms with Crippen LogP contribution in [-0.4, -0.2) is 6.61 Å².